The van der Waals surface area contributed by atoms with Crippen LogP contribution in [0.5, 0.6) is 5.75 Å². The number of rotatable bonds is 6. The van der Waals surface area contributed by atoms with Gasteiger partial charge in [0.1, 0.15) is 5.75 Å². The summed E-state index contributed by atoms with van der Waals surface area (Å²) in [5.41, 5.74) is 1.27. The van der Waals surface area contributed by atoms with Crippen LogP contribution in [0.1, 0.15) is 57.4 Å². The molecular weight excluding hydrogens is 318 g/mol. The zero-order valence-corrected chi connectivity index (χ0v) is 15.2. The van der Waals surface area contributed by atoms with Gasteiger partial charge in [-0.15, -0.1) is 0 Å². The van der Waals surface area contributed by atoms with Gasteiger partial charge in [0, 0.05) is 12.0 Å². The number of hydrogen-bond donors (Lipinski definition) is 1. The molecule has 1 aliphatic heterocycles. The first-order valence-corrected chi connectivity index (χ1v) is 9.41. The SMILES string of the molecule is CC(C)Oc1ccc([C@H]2CCC[C@@H]2NC(=O)CC2OCCCO2)cc1. The molecule has 0 aromatic heterocycles. The first kappa shape index (κ1) is 18.2. The highest BCUT2D eigenvalue weighted by Gasteiger charge is 2.30. The van der Waals surface area contributed by atoms with Gasteiger partial charge < -0.3 is 19.5 Å². The Labute approximate surface area is 150 Å². The predicted octanol–water partition coefficient (Wildman–Crippen LogP) is 3.38. The molecular formula is C20H29NO4. The minimum Gasteiger partial charge on any atom is -0.491 e. The molecule has 1 aromatic rings. The Morgan fingerprint density at radius 1 is 1.16 bits per heavy atom. The summed E-state index contributed by atoms with van der Waals surface area (Å²) >= 11 is 0. The van der Waals surface area contributed by atoms with Crippen molar-refractivity contribution in [3.8, 4) is 5.75 Å². The molecule has 5 heteroatoms. The van der Waals surface area contributed by atoms with E-state index in [4.69, 9.17) is 14.2 Å². The molecule has 2 fully saturated rings. The van der Waals surface area contributed by atoms with Gasteiger partial charge in [0.05, 0.1) is 25.7 Å². The highest BCUT2D eigenvalue weighted by molar-refractivity contribution is 5.76. The summed E-state index contributed by atoms with van der Waals surface area (Å²) in [4.78, 5) is 12.3. The molecule has 1 heterocycles. The third kappa shape index (κ3) is 5.19. The van der Waals surface area contributed by atoms with Crippen LogP contribution in [0.15, 0.2) is 24.3 Å². The van der Waals surface area contributed by atoms with Gasteiger partial charge in [0.15, 0.2) is 6.29 Å². The normalized spacial score (nSPS) is 24.4. The molecule has 1 aliphatic carbocycles. The van der Waals surface area contributed by atoms with Gasteiger partial charge in [0.25, 0.3) is 0 Å². The van der Waals surface area contributed by atoms with Crippen LogP contribution >= 0.6 is 0 Å². The maximum Gasteiger partial charge on any atom is 0.225 e. The Kier molecular flexibility index (Phi) is 6.32. The lowest BCUT2D eigenvalue weighted by Crippen LogP contribution is -2.39. The zero-order valence-electron chi connectivity index (χ0n) is 15.2. The second kappa shape index (κ2) is 8.68. The standard InChI is InChI=1S/C20H29NO4/c1-14(2)25-16-9-7-15(8-10-16)17-5-3-6-18(17)21-19(22)13-20-23-11-4-12-24-20/h7-10,14,17-18,20H,3-6,11-13H2,1-2H3,(H,21,22)/t17-,18+/m1/s1. The van der Waals surface area contributed by atoms with Gasteiger partial charge in [-0.05, 0) is 50.8 Å². The van der Waals surface area contributed by atoms with E-state index in [0.717, 1.165) is 31.4 Å². The van der Waals surface area contributed by atoms with Crippen LogP contribution in [0, 0.1) is 0 Å². The average Bonchev–Trinajstić information content (AvgIpc) is 3.04. The first-order chi connectivity index (χ1) is 12.1. The van der Waals surface area contributed by atoms with E-state index in [9.17, 15) is 4.79 Å². The van der Waals surface area contributed by atoms with Crippen LogP contribution in [0.4, 0.5) is 0 Å². The Balaban J connectivity index is 1.55. The molecule has 2 aliphatic rings. The Bertz CT molecular complexity index is 551. The molecule has 138 valence electrons. The van der Waals surface area contributed by atoms with Crippen LogP contribution < -0.4 is 10.1 Å². The van der Waals surface area contributed by atoms with E-state index in [1.807, 2.05) is 26.0 Å². The second-order valence-corrected chi connectivity index (χ2v) is 7.18. The van der Waals surface area contributed by atoms with E-state index in [0.29, 0.717) is 19.1 Å². The minimum absolute atomic E-state index is 0.0172. The lowest BCUT2D eigenvalue weighted by Gasteiger charge is -2.25. The summed E-state index contributed by atoms with van der Waals surface area (Å²) in [5, 5.41) is 3.19. The van der Waals surface area contributed by atoms with Crippen LogP contribution in [0.25, 0.3) is 0 Å². The van der Waals surface area contributed by atoms with Crippen LogP contribution in [-0.2, 0) is 14.3 Å². The number of benzene rings is 1. The molecule has 0 unspecified atom stereocenters. The summed E-state index contributed by atoms with van der Waals surface area (Å²) in [5.74, 6) is 1.28. The van der Waals surface area contributed by atoms with Crippen molar-refractivity contribution < 1.29 is 19.0 Å². The second-order valence-electron chi connectivity index (χ2n) is 7.18. The van der Waals surface area contributed by atoms with Gasteiger partial charge in [-0.1, -0.05) is 18.6 Å². The molecule has 25 heavy (non-hydrogen) atoms. The van der Waals surface area contributed by atoms with Gasteiger partial charge in [0.2, 0.25) is 5.91 Å². The van der Waals surface area contributed by atoms with Crippen molar-refractivity contribution in [1.82, 2.24) is 5.32 Å². The van der Waals surface area contributed by atoms with Crippen LogP contribution in [0.2, 0.25) is 0 Å². The summed E-state index contributed by atoms with van der Waals surface area (Å²) in [6.45, 7) is 5.40. The lowest BCUT2D eigenvalue weighted by atomic mass is 9.94. The van der Waals surface area contributed by atoms with Crippen molar-refractivity contribution in [2.45, 2.75) is 70.3 Å². The number of carbonyl (C=O) groups excluding carboxylic acids is 1. The van der Waals surface area contributed by atoms with E-state index < -0.39 is 0 Å². The maximum atomic E-state index is 12.3. The van der Waals surface area contributed by atoms with E-state index in [-0.39, 0.29) is 30.8 Å². The Morgan fingerprint density at radius 2 is 1.88 bits per heavy atom. The topological polar surface area (TPSA) is 56.8 Å². The molecule has 0 radical (unpaired) electrons. The van der Waals surface area contributed by atoms with Crippen molar-refractivity contribution >= 4 is 5.91 Å². The number of nitrogens with one attached hydrogen (secondary N) is 1. The summed E-state index contributed by atoms with van der Waals surface area (Å²) in [6.07, 6.45) is 4.23. The third-order valence-electron chi connectivity index (χ3n) is 4.79. The van der Waals surface area contributed by atoms with Gasteiger partial charge >= 0.3 is 0 Å². The van der Waals surface area contributed by atoms with E-state index in [2.05, 4.69) is 17.4 Å². The summed E-state index contributed by atoms with van der Waals surface area (Å²) in [7, 11) is 0. The minimum atomic E-state index is -0.388. The van der Waals surface area contributed by atoms with E-state index in [1.165, 1.54) is 5.56 Å². The largest absolute Gasteiger partial charge is 0.491 e. The highest BCUT2D eigenvalue weighted by Crippen LogP contribution is 2.35. The van der Waals surface area contributed by atoms with Gasteiger partial charge in [-0.2, -0.15) is 0 Å². The fourth-order valence-electron chi connectivity index (χ4n) is 3.67. The highest BCUT2D eigenvalue weighted by atomic mass is 16.7. The average molecular weight is 347 g/mol. The third-order valence-corrected chi connectivity index (χ3v) is 4.79. The first-order valence-electron chi connectivity index (χ1n) is 9.41. The zero-order chi connectivity index (χ0) is 17.6. The fraction of sp³-hybridized carbons (Fsp3) is 0.650. The Hall–Kier alpha value is -1.59. The Morgan fingerprint density at radius 3 is 2.56 bits per heavy atom. The molecule has 1 saturated carbocycles. The van der Waals surface area contributed by atoms with Gasteiger partial charge in [-0.3, -0.25) is 4.79 Å². The molecule has 0 bridgehead atoms. The van der Waals surface area contributed by atoms with Gasteiger partial charge in [-0.25, -0.2) is 0 Å². The molecule has 1 amide bonds. The number of ether oxygens (including phenoxy) is 3. The number of carbonyl (C=O) groups is 1. The molecule has 1 saturated heterocycles. The monoisotopic (exact) mass is 347 g/mol. The smallest absolute Gasteiger partial charge is 0.225 e. The summed E-state index contributed by atoms with van der Waals surface area (Å²) in [6, 6.07) is 8.49. The molecule has 1 N–H and O–H groups in total. The molecule has 1 aromatic carbocycles. The molecule has 5 nitrogen and oxygen atoms in total. The maximum absolute atomic E-state index is 12.3. The fourth-order valence-corrected chi connectivity index (χ4v) is 3.67. The van der Waals surface area contributed by atoms with Crippen LogP contribution in [-0.4, -0.2) is 37.6 Å². The quantitative estimate of drug-likeness (QED) is 0.857. The lowest BCUT2D eigenvalue weighted by molar-refractivity contribution is -0.184. The molecule has 3 rings (SSSR count). The van der Waals surface area contributed by atoms with Crippen molar-refractivity contribution in [3.63, 3.8) is 0 Å². The van der Waals surface area contributed by atoms with E-state index >= 15 is 0 Å². The van der Waals surface area contributed by atoms with Crippen molar-refractivity contribution in [1.29, 1.82) is 0 Å². The molecule has 0 spiro atoms. The number of hydrogen-bond acceptors (Lipinski definition) is 4. The van der Waals surface area contributed by atoms with Crippen molar-refractivity contribution in [3.05, 3.63) is 29.8 Å². The van der Waals surface area contributed by atoms with E-state index in [1.54, 1.807) is 0 Å². The van der Waals surface area contributed by atoms with Crippen molar-refractivity contribution in [2.24, 2.45) is 0 Å². The number of amides is 1. The van der Waals surface area contributed by atoms with Crippen LogP contribution in [0.3, 0.4) is 0 Å². The molecule has 2 atom stereocenters. The van der Waals surface area contributed by atoms with Crippen molar-refractivity contribution in [2.75, 3.05) is 13.2 Å². The summed E-state index contributed by atoms with van der Waals surface area (Å²) < 4.78 is 16.7. The predicted molar refractivity (Wildman–Crippen MR) is 95.7 cm³/mol.